The van der Waals surface area contributed by atoms with Gasteiger partial charge in [0.25, 0.3) is 0 Å². The molecule has 2 nitrogen and oxygen atoms in total. The molecule has 3 unspecified atom stereocenters. The van der Waals surface area contributed by atoms with Crippen molar-refractivity contribution in [1.82, 2.24) is 0 Å². The maximum atomic E-state index is 13.1. The summed E-state index contributed by atoms with van der Waals surface area (Å²) in [4.78, 5) is 12.2. The van der Waals surface area contributed by atoms with Gasteiger partial charge in [-0.1, -0.05) is 6.42 Å². The summed E-state index contributed by atoms with van der Waals surface area (Å²) in [6.45, 7) is 4.87. The first-order chi connectivity index (χ1) is 8.96. The Morgan fingerprint density at radius 3 is 2.05 bits per heavy atom. The Morgan fingerprint density at radius 2 is 1.65 bits per heavy atom. The zero-order valence-electron chi connectivity index (χ0n) is 12.5. The third kappa shape index (κ3) is 2.44. The van der Waals surface area contributed by atoms with Crippen LogP contribution in [0.1, 0.15) is 53.4 Å². The normalized spacial score (nSPS) is 30.6. The summed E-state index contributed by atoms with van der Waals surface area (Å²) in [6, 6.07) is 0. The van der Waals surface area contributed by atoms with E-state index in [0.717, 1.165) is 39.5 Å². The van der Waals surface area contributed by atoms with Gasteiger partial charge >= 0.3 is 12.1 Å². The Balaban J connectivity index is 2.06. The number of hydrogen-bond donors (Lipinski definition) is 0. The highest BCUT2D eigenvalue weighted by Gasteiger charge is 2.59. The number of rotatable bonds is 3. The summed E-state index contributed by atoms with van der Waals surface area (Å²) < 4.78 is 44.7. The molecule has 0 N–H and O–H groups in total. The highest BCUT2D eigenvalue weighted by molar-refractivity contribution is 5.74. The van der Waals surface area contributed by atoms with Crippen LogP contribution in [0.5, 0.6) is 0 Å². The lowest BCUT2D eigenvalue weighted by Gasteiger charge is -2.42. The van der Waals surface area contributed by atoms with E-state index in [9.17, 15) is 18.0 Å². The lowest BCUT2D eigenvalue weighted by molar-refractivity contribution is -0.269. The summed E-state index contributed by atoms with van der Waals surface area (Å²) in [5.41, 5.74) is -3.64. The first-order valence-electron chi connectivity index (χ1n) is 7.25. The molecule has 0 aromatic heterocycles. The van der Waals surface area contributed by atoms with Gasteiger partial charge in [0.2, 0.25) is 0 Å². The quantitative estimate of drug-likeness (QED) is 0.724. The molecule has 0 amide bonds. The molecule has 2 saturated carbocycles. The van der Waals surface area contributed by atoms with E-state index in [0.29, 0.717) is 11.8 Å². The number of ether oxygens (including phenoxy) is 1. The van der Waals surface area contributed by atoms with E-state index in [1.807, 2.05) is 0 Å². The SMILES string of the molecule is CC(C)(OC(=O)C1CC2CCC1C2)C(C)(C)C(F)(F)F. The molecule has 2 bridgehead atoms. The Kier molecular flexibility index (Phi) is 3.63. The first kappa shape index (κ1) is 15.6. The Labute approximate surface area is 118 Å². The van der Waals surface area contributed by atoms with Gasteiger partial charge in [0, 0.05) is 0 Å². The second-order valence-electron chi connectivity index (χ2n) is 7.34. The zero-order chi connectivity index (χ0) is 15.3. The lowest BCUT2D eigenvalue weighted by Crippen LogP contribution is -2.52. The molecule has 0 aromatic rings. The Hall–Kier alpha value is -0.740. The highest BCUT2D eigenvalue weighted by atomic mass is 19.4. The number of halogens is 3. The topological polar surface area (TPSA) is 26.3 Å². The standard InChI is InChI=1S/C15H23F3O2/c1-13(2,15(16,17)18)14(3,4)20-12(19)11-8-9-5-6-10(11)7-9/h9-11H,5-8H2,1-4H3. The predicted molar refractivity (Wildman–Crippen MR) is 68.9 cm³/mol. The van der Waals surface area contributed by atoms with Crippen molar-refractivity contribution < 1.29 is 22.7 Å². The number of fused-ring (bicyclic) bond motifs is 2. The molecule has 20 heavy (non-hydrogen) atoms. The van der Waals surface area contributed by atoms with Crippen LogP contribution in [0.2, 0.25) is 0 Å². The third-order valence-corrected chi connectivity index (χ3v) is 5.61. The van der Waals surface area contributed by atoms with Gasteiger partial charge in [0.1, 0.15) is 5.60 Å². The summed E-state index contributed by atoms with van der Waals surface area (Å²) >= 11 is 0. The van der Waals surface area contributed by atoms with E-state index in [-0.39, 0.29) is 5.92 Å². The minimum Gasteiger partial charge on any atom is -0.459 e. The predicted octanol–water partition coefficient (Wildman–Crippen LogP) is 4.33. The largest absolute Gasteiger partial charge is 0.459 e. The lowest BCUT2D eigenvalue weighted by atomic mass is 9.76. The van der Waals surface area contributed by atoms with Crippen LogP contribution in [0.3, 0.4) is 0 Å². The smallest absolute Gasteiger partial charge is 0.397 e. The van der Waals surface area contributed by atoms with Gasteiger partial charge in [-0.2, -0.15) is 13.2 Å². The van der Waals surface area contributed by atoms with Crippen molar-refractivity contribution in [1.29, 1.82) is 0 Å². The van der Waals surface area contributed by atoms with Crippen molar-refractivity contribution in [2.45, 2.75) is 65.2 Å². The number of esters is 1. The van der Waals surface area contributed by atoms with Crippen LogP contribution < -0.4 is 0 Å². The number of alkyl halides is 3. The molecule has 0 aliphatic heterocycles. The number of carbonyl (C=O) groups excluding carboxylic acids is 1. The Bertz CT molecular complexity index is 398. The first-order valence-corrected chi connectivity index (χ1v) is 7.25. The fourth-order valence-corrected chi connectivity index (χ4v) is 3.33. The fourth-order valence-electron chi connectivity index (χ4n) is 3.33. The van der Waals surface area contributed by atoms with Crippen LogP contribution in [-0.2, 0) is 9.53 Å². The Morgan fingerprint density at radius 1 is 1.05 bits per heavy atom. The molecule has 0 aromatic carbocycles. The van der Waals surface area contributed by atoms with E-state index in [4.69, 9.17) is 4.74 Å². The van der Waals surface area contributed by atoms with E-state index in [1.165, 1.54) is 13.8 Å². The van der Waals surface area contributed by atoms with Crippen molar-refractivity contribution in [2.75, 3.05) is 0 Å². The van der Waals surface area contributed by atoms with Crippen LogP contribution in [0.25, 0.3) is 0 Å². The van der Waals surface area contributed by atoms with Crippen molar-refractivity contribution in [3.8, 4) is 0 Å². The minimum atomic E-state index is -4.41. The van der Waals surface area contributed by atoms with Crippen LogP contribution in [0.4, 0.5) is 13.2 Å². The molecule has 5 heteroatoms. The molecule has 2 rings (SSSR count). The maximum Gasteiger partial charge on any atom is 0.397 e. The zero-order valence-corrected chi connectivity index (χ0v) is 12.5. The van der Waals surface area contributed by atoms with Crippen molar-refractivity contribution >= 4 is 5.97 Å². The van der Waals surface area contributed by atoms with Crippen molar-refractivity contribution in [3.63, 3.8) is 0 Å². The molecule has 0 heterocycles. The van der Waals surface area contributed by atoms with E-state index < -0.39 is 23.2 Å². The molecule has 0 spiro atoms. The van der Waals surface area contributed by atoms with Crippen LogP contribution in [0, 0.1) is 23.2 Å². The number of hydrogen-bond acceptors (Lipinski definition) is 2. The third-order valence-electron chi connectivity index (χ3n) is 5.61. The van der Waals surface area contributed by atoms with Gasteiger partial charge in [0.15, 0.2) is 0 Å². The van der Waals surface area contributed by atoms with Gasteiger partial charge < -0.3 is 4.74 Å². The summed E-state index contributed by atoms with van der Waals surface area (Å²) in [6.07, 6.45) is -0.445. The van der Waals surface area contributed by atoms with Crippen molar-refractivity contribution in [3.05, 3.63) is 0 Å². The van der Waals surface area contributed by atoms with E-state index in [1.54, 1.807) is 0 Å². The molecular formula is C15H23F3O2. The van der Waals surface area contributed by atoms with Crippen LogP contribution >= 0.6 is 0 Å². The second-order valence-corrected chi connectivity index (χ2v) is 7.34. The van der Waals surface area contributed by atoms with Gasteiger partial charge in [-0.3, -0.25) is 4.79 Å². The average molecular weight is 292 g/mol. The van der Waals surface area contributed by atoms with Crippen LogP contribution in [-0.4, -0.2) is 17.7 Å². The van der Waals surface area contributed by atoms with Gasteiger partial charge in [-0.05, 0) is 58.8 Å². The molecule has 116 valence electrons. The summed E-state index contributed by atoms with van der Waals surface area (Å²) in [5, 5.41) is 0. The van der Waals surface area contributed by atoms with E-state index in [2.05, 4.69) is 0 Å². The molecular weight excluding hydrogens is 269 g/mol. The molecule has 0 saturated heterocycles. The van der Waals surface area contributed by atoms with E-state index >= 15 is 0 Å². The van der Waals surface area contributed by atoms with Crippen molar-refractivity contribution in [2.24, 2.45) is 23.2 Å². The number of carbonyl (C=O) groups is 1. The monoisotopic (exact) mass is 292 g/mol. The maximum absolute atomic E-state index is 13.1. The van der Waals surface area contributed by atoms with Gasteiger partial charge in [0.05, 0.1) is 11.3 Å². The average Bonchev–Trinajstić information content (AvgIpc) is 2.87. The molecule has 2 aliphatic carbocycles. The van der Waals surface area contributed by atoms with Crippen LogP contribution in [0.15, 0.2) is 0 Å². The molecule has 3 atom stereocenters. The highest BCUT2D eigenvalue weighted by Crippen LogP contribution is 2.51. The van der Waals surface area contributed by atoms with Gasteiger partial charge in [-0.25, -0.2) is 0 Å². The molecule has 0 radical (unpaired) electrons. The second kappa shape index (κ2) is 4.63. The molecule has 2 aliphatic rings. The summed E-state index contributed by atoms with van der Waals surface area (Å²) in [5.74, 6) is 0.241. The van der Waals surface area contributed by atoms with Gasteiger partial charge in [-0.15, -0.1) is 0 Å². The summed E-state index contributed by atoms with van der Waals surface area (Å²) in [7, 11) is 0. The minimum absolute atomic E-state index is 0.197. The fraction of sp³-hybridized carbons (Fsp3) is 0.933. The molecule has 2 fully saturated rings.